The van der Waals surface area contributed by atoms with Crippen LogP contribution in [-0.2, 0) is 43.2 Å². The minimum atomic E-state index is -1.04. The number of fused-ring (bicyclic) bond motifs is 6. The second kappa shape index (κ2) is 19.1. The lowest BCUT2D eigenvalue weighted by Crippen LogP contribution is -2.62. The molecule has 16 heteroatoms. The number of aryl methyl sites for hydroxylation is 1. The fraction of sp³-hybridized carbons (Fsp3) is 0.574. The van der Waals surface area contributed by atoms with Crippen LogP contribution in [0.25, 0.3) is 33.4 Å². The summed E-state index contributed by atoms with van der Waals surface area (Å²) in [4.78, 5) is 72.0. The van der Waals surface area contributed by atoms with E-state index in [2.05, 4.69) is 65.2 Å². The molecule has 63 heavy (non-hydrogen) atoms. The molecule has 15 nitrogen and oxygen atoms in total. The summed E-state index contributed by atoms with van der Waals surface area (Å²) in [6.07, 6.45) is 4.16. The van der Waals surface area contributed by atoms with Crippen LogP contribution in [0.3, 0.4) is 0 Å². The summed E-state index contributed by atoms with van der Waals surface area (Å²) >= 11 is 1.43. The lowest BCUT2D eigenvalue weighted by Gasteiger charge is -2.37. The number of rotatable bonds is 9. The Bertz CT molecular complexity index is 2320. The molecule has 1 unspecified atom stereocenters. The standard InChI is InChI=1S/C47H65N9O6S/c1-11-55-38-17-16-30-22-33(38)34(42(55)32-14-12-19-48-40(32)29(4)61-10)24-47(5,6)27-62-45(59)35-15-13-20-56(51-35)44(58)36(23-39-49-37(30)26-63-39)50-43(57)41(28(2)3)54(9)46(60)53(8)31-18-21-52(7)25-31/h12,14,16-17,19,22,26,28-29,31,35-36,41,51H,11,13,15,18,20-21,23-25,27H2,1-10H3,(H,50,57)/t29-,31-,35-,36-,41?/m0/s1. The summed E-state index contributed by atoms with van der Waals surface area (Å²) in [6.45, 7) is 15.0. The molecule has 340 valence electrons. The average molecular weight is 884 g/mol. The number of carbonyl (C=O) groups is 4. The van der Waals surface area contributed by atoms with Crippen LogP contribution in [0.2, 0.25) is 0 Å². The first kappa shape index (κ1) is 46.1. The molecule has 0 aliphatic carbocycles. The Morgan fingerprint density at radius 1 is 1.13 bits per heavy atom. The van der Waals surface area contributed by atoms with E-state index in [9.17, 15) is 19.2 Å². The van der Waals surface area contributed by atoms with Crippen molar-refractivity contribution in [2.24, 2.45) is 11.3 Å². The summed E-state index contributed by atoms with van der Waals surface area (Å²) < 4.78 is 14.2. The first-order valence-corrected chi connectivity index (χ1v) is 23.2. The second-order valence-corrected chi connectivity index (χ2v) is 19.6. The number of nitrogens with one attached hydrogen (secondary N) is 2. The van der Waals surface area contributed by atoms with Crippen molar-refractivity contribution in [2.45, 2.75) is 110 Å². The van der Waals surface area contributed by atoms with Crippen molar-refractivity contribution in [2.75, 3.05) is 54.5 Å². The minimum Gasteiger partial charge on any atom is -0.464 e. The molecule has 0 radical (unpaired) electrons. The number of hydrogen-bond donors (Lipinski definition) is 2. The van der Waals surface area contributed by atoms with Gasteiger partial charge in [-0.25, -0.2) is 15.2 Å². The number of hydrogen-bond acceptors (Lipinski definition) is 11. The van der Waals surface area contributed by atoms with Gasteiger partial charge < -0.3 is 34.1 Å². The third-order valence-electron chi connectivity index (χ3n) is 13.0. The number of likely N-dealkylation sites (N-methyl/N-ethyl adjacent to an activating group) is 3. The Labute approximate surface area is 375 Å². The quantitative estimate of drug-likeness (QED) is 0.194. The zero-order valence-electron chi connectivity index (χ0n) is 38.6. The average Bonchev–Trinajstić information content (AvgIpc) is 4.01. The number of amides is 4. The number of benzene rings is 1. The predicted molar refractivity (Wildman–Crippen MR) is 245 cm³/mol. The molecule has 4 aromatic rings. The summed E-state index contributed by atoms with van der Waals surface area (Å²) in [5, 5.41) is 8.22. The molecule has 2 fully saturated rings. The van der Waals surface area contributed by atoms with Gasteiger partial charge in [-0.1, -0.05) is 33.8 Å². The predicted octanol–water partition coefficient (Wildman–Crippen LogP) is 5.91. The maximum absolute atomic E-state index is 14.6. The number of ether oxygens (including phenoxy) is 2. The normalized spacial score (nSPS) is 21.8. The fourth-order valence-electron chi connectivity index (χ4n) is 9.50. The largest absolute Gasteiger partial charge is 0.464 e. The highest BCUT2D eigenvalue weighted by Gasteiger charge is 2.39. The molecule has 7 rings (SSSR count). The molecule has 6 heterocycles. The molecule has 1 aromatic carbocycles. The van der Waals surface area contributed by atoms with Gasteiger partial charge in [-0.3, -0.25) is 24.4 Å². The van der Waals surface area contributed by atoms with E-state index in [0.717, 1.165) is 64.2 Å². The van der Waals surface area contributed by atoms with Crippen LogP contribution in [0.15, 0.2) is 41.9 Å². The van der Waals surface area contributed by atoms with Crippen LogP contribution in [0.5, 0.6) is 0 Å². The summed E-state index contributed by atoms with van der Waals surface area (Å²) in [6, 6.07) is 7.60. The molecule has 0 saturated carbocycles. The zero-order valence-corrected chi connectivity index (χ0v) is 39.4. The number of thiazole rings is 1. The smallest absolute Gasteiger partial charge is 0.324 e. The number of likely N-dealkylation sites (tertiary alicyclic amines) is 1. The third-order valence-corrected chi connectivity index (χ3v) is 13.9. The number of esters is 1. The molecule has 5 atom stereocenters. The number of hydrazine groups is 1. The van der Waals surface area contributed by atoms with E-state index in [1.165, 1.54) is 21.2 Å². The van der Waals surface area contributed by atoms with Gasteiger partial charge in [0.1, 0.15) is 18.1 Å². The van der Waals surface area contributed by atoms with Crippen LogP contribution in [0, 0.1) is 11.3 Å². The number of pyridine rings is 1. The maximum Gasteiger partial charge on any atom is 0.324 e. The van der Waals surface area contributed by atoms with Gasteiger partial charge in [0.25, 0.3) is 5.91 Å². The van der Waals surface area contributed by atoms with Gasteiger partial charge in [-0.15, -0.1) is 11.3 Å². The summed E-state index contributed by atoms with van der Waals surface area (Å²) in [7, 11) is 7.16. The highest BCUT2D eigenvalue weighted by Crippen LogP contribution is 2.42. The van der Waals surface area contributed by atoms with Crippen molar-refractivity contribution >= 4 is 46.1 Å². The molecule has 3 aromatic heterocycles. The molecule has 2 saturated heterocycles. The minimum absolute atomic E-state index is 0.0405. The molecule has 6 bridgehead atoms. The molecule has 0 spiro atoms. The Balaban J connectivity index is 1.28. The number of methoxy groups -OCH3 is 1. The van der Waals surface area contributed by atoms with Crippen LogP contribution in [-0.4, -0.2) is 137 Å². The lowest BCUT2D eigenvalue weighted by molar-refractivity contribution is -0.155. The van der Waals surface area contributed by atoms with Crippen molar-refractivity contribution < 1.29 is 28.7 Å². The maximum atomic E-state index is 14.6. The van der Waals surface area contributed by atoms with Crippen LogP contribution < -0.4 is 10.7 Å². The third kappa shape index (κ3) is 9.64. The monoisotopic (exact) mass is 883 g/mol. The lowest BCUT2D eigenvalue weighted by atomic mass is 9.84. The highest BCUT2D eigenvalue weighted by atomic mass is 32.1. The molecular formula is C47H65N9O6S. The van der Waals surface area contributed by atoms with E-state index in [0.29, 0.717) is 37.4 Å². The molecule has 3 aliphatic heterocycles. The van der Waals surface area contributed by atoms with Crippen molar-refractivity contribution in [1.29, 1.82) is 0 Å². The van der Waals surface area contributed by atoms with E-state index in [1.807, 2.05) is 39.3 Å². The number of cyclic esters (lactones) is 1. The van der Waals surface area contributed by atoms with Gasteiger partial charge in [0.05, 0.1) is 34.8 Å². The van der Waals surface area contributed by atoms with E-state index in [1.54, 1.807) is 32.3 Å². The number of aromatic nitrogens is 3. The van der Waals surface area contributed by atoms with E-state index < -0.39 is 41.3 Å². The summed E-state index contributed by atoms with van der Waals surface area (Å²) in [5.41, 5.74) is 9.40. The van der Waals surface area contributed by atoms with E-state index in [-0.39, 0.29) is 37.1 Å². The Hall–Kier alpha value is -4.90. The van der Waals surface area contributed by atoms with Gasteiger partial charge in [0.2, 0.25) is 5.91 Å². The number of nitrogens with zero attached hydrogens (tertiary/aromatic N) is 7. The Kier molecular flexibility index (Phi) is 13.9. The van der Waals surface area contributed by atoms with Crippen molar-refractivity contribution in [3.05, 3.63) is 58.2 Å². The fourth-order valence-corrected chi connectivity index (χ4v) is 10.3. The van der Waals surface area contributed by atoms with Crippen LogP contribution in [0.1, 0.15) is 83.2 Å². The molecule has 2 N–H and O–H groups in total. The van der Waals surface area contributed by atoms with Crippen molar-refractivity contribution in [3.8, 4) is 22.5 Å². The van der Waals surface area contributed by atoms with Gasteiger partial charge in [0, 0.05) is 92.3 Å². The number of urea groups is 1. The van der Waals surface area contributed by atoms with Gasteiger partial charge in [-0.05, 0) is 88.9 Å². The molecule has 3 aliphatic rings. The second-order valence-electron chi connectivity index (χ2n) is 18.7. The van der Waals surface area contributed by atoms with Crippen molar-refractivity contribution in [1.82, 2.24) is 45.0 Å². The number of carbonyl (C=O) groups excluding carboxylic acids is 4. The Morgan fingerprint density at radius 2 is 1.90 bits per heavy atom. The highest BCUT2D eigenvalue weighted by molar-refractivity contribution is 7.10. The summed E-state index contributed by atoms with van der Waals surface area (Å²) in [5.74, 6) is -1.52. The SMILES string of the molecule is CCn1c(-c2cccnc2[C@H](C)OC)c2c3cc(ccc31)-c1csc(n1)C[C@H](NC(=O)C(C(C)C)N(C)C(=O)N(C)[C@H]1CCN(C)C1)C(=O)N1CCC[C@H](N1)C(=O)OCC(C)(C)C2. The first-order chi connectivity index (χ1) is 30.0. The molecular weight excluding hydrogens is 819 g/mol. The van der Waals surface area contributed by atoms with Gasteiger partial charge >= 0.3 is 12.0 Å². The Morgan fingerprint density at radius 3 is 2.60 bits per heavy atom. The van der Waals surface area contributed by atoms with Gasteiger partial charge in [-0.2, -0.15) is 0 Å². The van der Waals surface area contributed by atoms with Crippen LogP contribution >= 0.6 is 11.3 Å². The zero-order chi connectivity index (χ0) is 45.3. The van der Waals surface area contributed by atoms with Gasteiger partial charge in [0.15, 0.2) is 0 Å². The first-order valence-electron chi connectivity index (χ1n) is 22.3. The van der Waals surface area contributed by atoms with Crippen LogP contribution in [0.4, 0.5) is 4.79 Å². The topological polar surface area (TPSA) is 154 Å². The molecule has 4 amide bonds. The van der Waals surface area contributed by atoms with E-state index >= 15 is 0 Å². The van der Waals surface area contributed by atoms with Crippen molar-refractivity contribution in [3.63, 3.8) is 0 Å². The van der Waals surface area contributed by atoms with E-state index in [4.69, 9.17) is 19.4 Å².